The largest absolute Gasteiger partial charge is 0.480 e. The molecular formula is C19H30N4O5. The lowest BCUT2D eigenvalue weighted by molar-refractivity contribution is -0.142. The molecule has 0 spiro atoms. The van der Waals surface area contributed by atoms with Crippen LogP contribution in [0.4, 0.5) is 4.79 Å². The second kappa shape index (κ2) is 9.97. The number of nitrogens with zero attached hydrogens (tertiary/aromatic N) is 2. The summed E-state index contributed by atoms with van der Waals surface area (Å²) >= 11 is 0. The maximum atomic E-state index is 12.2. The van der Waals surface area contributed by atoms with E-state index in [0.29, 0.717) is 25.9 Å². The first-order valence-corrected chi connectivity index (χ1v) is 9.32. The maximum Gasteiger partial charge on any atom is 0.410 e. The zero-order valence-electron chi connectivity index (χ0n) is 17.1. The molecule has 1 saturated heterocycles. The van der Waals surface area contributed by atoms with E-state index in [0.717, 1.165) is 0 Å². The highest BCUT2D eigenvalue weighted by molar-refractivity contribution is 5.99. The van der Waals surface area contributed by atoms with Crippen molar-refractivity contribution in [3.05, 3.63) is 11.8 Å². The summed E-state index contributed by atoms with van der Waals surface area (Å²) in [5.41, 5.74) is -0.741. The molecule has 1 atom stereocenters. The van der Waals surface area contributed by atoms with Crippen molar-refractivity contribution >= 4 is 18.0 Å². The van der Waals surface area contributed by atoms with Crippen molar-refractivity contribution in [1.82, 2.24) is 15.5 Å². The van der Waals surface area contributed by atoms with Gasteiger partial charge in [-0.25, -0.2) is 9.59 Å². The molecule has 9 nitrogen and oxygen atoms in total. The lowest BCUT2D eigenvalue weighted by atomic mass is 10.0. The van der Waals surface area contributed by atoms with E-state index in [-0.39, 0.29) is 23.6 Å². The summed E-state index contributed by atoms with van der Waals surface area (Å²) in [7, 11) is 0. The molecule has 28 heavy (non-hydrogen) atoms. The number of nitriles is 1. The predicted octanol–water partition coefficient (Wildman–Crippen LogP) is 1.61. The molecule has 1 aliphatic rings. The van der Waals surface area contributed by atoms with Gasteiger partial charge < -0.3 is 25.4 Å². The molecule has 0 aliphatic carbocycles. The van der Waals surface area contributed by atoms with Crippen LogP contribution in [0, 0.1) is 17.2 Å². The lowest BCUT2D eigenvalue weighted by Crippen LogP contribution is -2.46. The van der Waals surface area contributed by atoms with Crippen molar-refractivity contribution in [2.24, 2.45) is 5.92 Å². The monoisotopic (exact) mass is 394 g/mol. The fourth-order valence-electron chi connectivity index (χ4n) is 2.64. The molecule has 1 unspecified atom stereocenters. The average Bonchev–Trinajstić information content (AvgIpc) is 2.58. The molecular weight excluding hydrogens is 364 g/mol. The van der Waals surface area contributed by atoms with Gasteiger partial charge in [0.15, 0.2) is 0 Å². The SMILES string of the molecule is CC(C)C(NC(=O)/C(C#N)=C\NC1CCN(C(=O)OC(C)(C)C)CC1)C(=O)O. The van der Waals surface area contributed by atoms with Gasteiger partial charge in [-0.2, -0.15) is 5.26 Å². The number of nitrogens with one attached hydrogen (secondary N) is 2. The fourth-order valence-corrected chi connectivity index (χ4v) is 2.64. The normalized spacial score (nSPS) is 16.9. The number of aliphatic carboxylic acids is 1. The van der Waals surface area contributed by atoms with Crippen LogP contribution in [-0.2, 0) is 14.3 Å². The average molecular weight is 394 g/mol. The number of amides is 2. The van der Waals surface area contributed by atoms with Gasteiger partial charge in [0.1, 0.15) is 23.3 Å². The molecule has 1 fully saturated rings. The highest BCUT2D eigenvalue weighted by Crippen LogP contribution is 2.15. The first-order valence-electron chi connectivity index (χ1n) is 9.32. The summed E-state index contributed by atoms with van der Waals surface area (Å²) in [6, 6.07) is 0.714. The molecule has 3 N–H and O–H groups in total. The van der Waals surface area contributed by atoms with Gasteiger partial charge in [0.2, 0.25) is 0 Å². The van der Waals surface area contributed by atoms with Gasteiger partial charge in [0.05, 0.1) is 0 Å². The zero-order valence-corrected chi connectivity index (χ0v) is 17.1. The lowest BCUT2D eigenvalue weighted by Gasteiger charge is -2.33. The van der Waals surface area contributed by atoms with Crippen molar-refractivity contribution in [2.75, 3.05) is 13.1 Å². The Bertz CT molecular complexity index is 652. The van der Waals surface area contributed by atoms with E-state index in [1.165, 1.54) is 6.20 Å². The van der Waals surface area contributed by atoms with Gasteiger partial charge in [0.25, 0.3) is 5.91 Å². The van der Waals surface area contributed by atoms with Crippen molar-refractivity contribution in [1.29, 1.82) is 5.26 Å². The van der Waals surface area contributed by atoms with Crippen LogP contribution in [0.25, 0.3) is 0 Å². The Morgan fingerprint density at radius 3 is 2.25 bits per heavy atom. The number of rotatable bonds is 6. The Balaban J connectivity index is 2.58. The van der Waals surface area contributed by atoms with Gasteiger partial charge in [0, 0.05) is 25.3 Å². The van der Waals surface area contributed by atoms with Crippen molar-refractivity contribution in [3.8, 4) is 6.07 Å². The number of carbonyl (C=O) groups is 3. The smallest absolute Gasteiger partial charge is 0.410 e. The second-order valence-corrected chi connectivity index (χ2v) is 8.11. The van der Waals surface area contributed by atoms with E-state index in [1.54, 1.807) is 24.8 Å². The Morgan fingerprint density at radius 1 is 1.25 bits per heavy atom. The van der Waals surface area contributed by atoms with E-state index < -0.39 is 23.5 Å². The number of likely N-dealkylation sites (tertiary alicyclic amines) is 1. The minimum Gasteiger partial charge on any atom is -0.480 e. The number of ether oxygens (including phenoxy) is 1. The fraction of sp³-hybridized carbons (Fsp3) is 0.684. The molecule has 0 bridgehead atoms. The van der Waals surface area contributed by atoms with E-state index in [9.17, 15) is 19.6 Å². The molecule has 0 saturated carbocycles. The number of piperidine rings is 1. The van der Waals surface area contributed by atoms with E-state index in [4.69, 9.17) is 9.84 Å². The molecule has 1 heterocycles. The Hall–Kier alpha value is -2.76. The van der Waals surface area contributed by atoms with Crippen molar-refractivity contribution < 1.29 is 24.2 Å². The topological polar surface area (TPSA) is 132 Å². The highest BCUT2D eigenvalue weighted by atomic mass is 16.6. The summed E-state index contributed by atoms with van der Waals surface area (Å²) in [5.74, 6) is -2.20. The van der Waals surface area contributed by atoms with Crippen LogP contribution >= 0.6 is 0 Å². The molecule has 156 valence electrons. The summed E-state index contributed by atoms with van der Waals surface area (Å²) in [4.78, 5) is 37.0. The highest BCUT2D eigenvalue weighted by Gasteiger charge is 2.27. The Morgan fingerprint density at radius 2 is 1.82 bits per heavy atom. The minimum atomic E-state index is -1.15. The maximum absolute atomic E-state index is 12.2. The van der Waals surface area contributed by atoms with Gasteiger partial charge in [-0.1, -0.05) is 13.8 Å². The summed E-state index contributed by atoms with van der Waals surface area (Å²) in [6.45, 7) is 9.79. The third-order valence-corrected chi connectivity index (χ3v) is 4.19. The van der Waals surface area contributed by atoms with Gasteiger partial charge in [-0.05, 0) is 39.5 Å². The molecule has 2 amide bonds. The Kier molecular flexibility index (Phi) is 8.29. The van der Waals surface area contributed by atoms with E-state index in [2.05, 4.69) is 10.6 Å². The van der Waals surface area contributed by atoms with Gasteiger partial charge >= 0.3 is 12.1 Å². The summed E-state index contributed by atoms with van der Waals surface area (Å²) in [6.07, 6.45) is 2.23. The molecule has 1 rings (SSSR count). The standard InChI is InChI=1S/C19H30N4O5/c1-12(2)15(17(25)26)22-16(24)13(10-20)11-21-14-6-8-23(9-7-14)18(27)28-19(3,4)5/h11-12,14-15,21H,6-9H2,1-5H3,(H,22,24)(H,25,26)/b13-11-. The Labute approximate surface area is 165 Å². The first-order chi connectivity index (χ1) is 12.9. The molecule has 9 heteroatoms. The molecule has 0 aromatic rings. The number of carboxylic acid groups (broad SMARTS) is 1. The summed E-state index contributed by atoms with van der Waals surface area (Å²) < 4.78 is 5.35. The van der Waals surface area contributed by atoms with Crippen molar-refractivity contribution in [2.45, 2.75) is 65.1 Å². The van der Waals surface area contributed by atoms with Crippen LogP contribution in [0.5, 0.6) is 0 Å². The first kappa shape index (κ1) is 23.3. The van der Waals surface area contributed by atoms with E-state index >= 15 is 0 Å². The van der Waals surface area contributed by atoms with Crippen LogP contribution in [0.1, 0.15) is 47.5 Å². The van der Waals surface area contributed by atoms with Crippen LogP contribution < -0.4 is 10.6 Å². The van der Waals surface area contributed by atoms with E-state index in [1.807, 2.05) is 20.8 Å². The number of carboxylic acids is 1. The quantitative estimate of drug-likeness (QED) is 0.460. The van der Waals surface area contributed by atoms with Crippen LogP contribution in [0.2, 0.25) is 0 Å². The second-order valence-electron chi connectivity index (χ2n) is 8.11. The van der Waals surface area contributed by atoms with Crippen molar-refractivity contribution in [3.63, 3.8) is 0 Å². The molecule has 0 aromatic heterocycles. The minimum absolute atomic E-state index is 0.00444. The molecule has 1 aliphatic heterocycles. The number of carbonyl (C=O) groups excluding carboxylic acids is 2. The van der Waals surface area contributed by atoms with Crippen LogP contribution in [-0.4, -0.2) is 58.8 Å². The summed E-state index contributed by atoms with van der Waals surface area (Å²) in [5, 5.41) is 23.7. The van der Waals surface area contributed by atoms with Crippen LogP contribution in [0.15, 0.2) is 11.8 Å². The predicted molar refractivity (Wildman–Crippen MR) is 102 cm³/mol. The van der Waals surface area contributed by atoms with Crippen LogP contribution in [0.3, 0.4) is 0 Å². The third kappa shape index (κ3) is 7.47. The number of hydrogen-bond acceptors (Lipinski definition) is 6. The van der Waals surface area contributed by atoms with Gasteiger partial charge in [-0.3, -0.25) is 4.79 Å². The third-order valence-electron chi connectivity index (χ3n) is 4.19. The molecule has 0 aromatic carbocycles. The van der Waals surface area contributed by atoms with Gasteiger partial charge in [-0.15, -0.1) is 0 Å². The zero-order chi connectivity index (χ0) is 21.5. The molecule has 0 radical (unpaired) electrons. The number of hydrogen-bond donors (Lipinski definition) is 3.